The molecule has 2 aromatic rings. The van der Waals surface area contributed by atoms with Gasteiger partial charge < -0.3 is 14.2 Å². The van der Waals surface area contributed by atoms with Crippen LogP contribution in [-0.4, -0.2) is 34.2 Å². The maximum Gasteiger partial charge on any atom is 0.333 e. The Labute approximate surface area is 141 Å². The van der Waals surface area contributed by atoms with Gasteiger partial charge in [0.15, 0.2) is 5.75 Å². The van der Waals surface area contributed by atoms with Crippen molar-refractivity contribution >= 4 is 11.4 Å². The van der Waals surface area contributed by atoms with E-state index < -0.39 is 0 Å². The Morgan fingerprint density at radius 1 is 1.46 bits per heavy atom. The molecule has 1 fully saturated rings. The van der Waals surface area contributed by atoms with Crippen LogP contribution in [0.1, 0.15) is 31.6 Å². The van der Waals surface area contributed by atoms with Gasteiger partial charge in [0.2, 0.25) is 0 Å². The number of anilines is 1. The molecule has 2 heterocycles. The second-order valence-electron chi connectivity index (χ2n) is 5.94. The molecule has 7 heteroatoms. The fourth-order valence-corrected chi connectivity index (χ4v) is 3.40. The number of hydrogen-bond donors (Lipinski definition) is 0. The van der Waals surface area contributed by atoms with Gasteiger partial charge in [0.05, 0.1) is 17.6 Å². The Hall–Kier alpha value is -2.57. The largest absolute Gasteiger partial charge is 0.487 e. The van der Waals surface area contributed by atoms with Crippen molar-refractivity contribution in [2.24, 2.45) is 0 Å². The number of nitro groups is 1. The lowest BCUT2D eigenvalue weighted by Gasteiger charge is -2.35. The fourth-order valence-electron chi connectivity index (χ4n) is 3.40. The van der Waals surface area contributed by atoms with Crippen LogP contribution in [0.5, 0.6) is 5.75 Å². The first-order valence-electron chi connectivity index (χ1n) is 8.26. The normalized spacial score (nSPS) is 17.8. The zero-order valence-corrected chi connectivity index (χ0v) is 14.0. The number of aromatic nitrogens is 2. The summed E-state index contributed by atoms with van der Waals surface area (Å²) in [5, 5.41) is 11.6. The molecule has 1 saturated heterocycles. The summed E-state index contributed by atoms with van der Waals surface area (Å²) in [5.74, 6) is 1.31. The quantitative estimate of drug-likeness (QED) is 0.621. The highest BCUT2D eigenvalue weighted by molar-refractivity contribution is 5.70. The number of ether oxygens (including phenoxy) is 1. The molecular formula is C17H22N4O3. The number of hydrogen-bond acceptors (Lipinski definition) is 5. The van der Waals surface area contributed by atoms with Gasteiger partial charge in [0.25, 0.3) is 0 Å². The van der Waals surface area contributed by atoms with Gasteiger partial charge in [-0.3, -0.25) is 10.1 Å². The van der Waals surface area contributed by atoms with Gasteiger partial charge in [-0.15, -0.1) is 0 Å². The van der Waals surface area contributed by atoms with Gasteiger partial charge in [0.1, 0.15) is 11.5 Å². The van der Waals surface area contributed by atoms with E-state index in [9.17, 15) is 10.1 Å². The third-order valence-corrected chi connectivity index (χ3v) is 4.45. The summed E-state index contributed by atoms with van der Waals surface area (Å²) in [4.78, 5) is 17.6. The lowest BCUT2D eigenvalue weighted by atomic mass is 10.0. The number of piperidine rings is 1. The molecule has 0 N–H and O–H groups in total. The molecular weight excluding hydrogens is 308 g/mol. The molecule has 7 nitrogen and oxygen atoms in total. The standard InChI is InChI=1S/C17H22N4O3/c1-3-24-16-8-4-7-15(17(16)21(22)23)19-10-5-6-14(12-19)20-11-9-18-13(20)2/h4,7-9,11,14H,3,5-6,10,12H2,1-2H3. The van der Waals surface area contributed by atoms with Crippen LogP contribution in [0, 0.1) is 17.0 Å². The van der Waals surface area contributed by atoms with Crippen LogP contribution in [0.25, 0.3) is 0 Å². The van der Waals surface area contributed by atoms with E-state index in [4.69, 9.17) is 4.74 Å². The minimum absolute atomic E-state index is 0.0577. The van der Waals surface area contributed by atoms with Crippen LogP contribution < -0.4 is 9.64 Å². The van der Waals surface area contributed by atoms with Crippen LogP contribution in [0.4, 0.5) is 11.4 Å². The molecule has 0 spiro atoms. The van der Waals surface area contributed by atoms with E-state index in [1.54, 1.807) is 12.3 Å². The number of aryl methyl sites for hydroxylation is 1. The predicted octanol–water partition coefficient (Wildman–Crippen LogP) is 3.34. The highest BCUT2D eigenvalue weighted by Crippen LogP contribution is 2.39. The van der Waals surface area contributed by atoms with Crippen LogP contribution in [-0.2, 0) is 0 Å². The Kier molecular flexibility index (Phi) is 4.69. The van der Waals surface area contributed by atoms with Gasteiger partial charge in [0, 0.05) is 25.5 Å². The smallest absolute Gasteiger partial charge is 0.333 e. The van der Waals surface area contributed by atoms with E-state index in [2.05, 4.69) is 14.5 Å². The second kappa shape index (κ2) is 6.90. The third kappa shape index (κ3) is 3.06. The molecule has 3 rings (SSSR count). The van der Waals surface area contributed by atoms with E-state index in [1.165, 1.54) is 0 Å². The van der Waals surface area contributed by atoms with Crippen molar-refractivity contribution in [3.8, 4) is 5.75 Å². The molecule has 1 aromatic carbocycles. The first-order valence-corrected chi connectivity index (χ1v) is 8.26. The second-order valence-corrected chi connectivity index (χ2v) is 5.94. The predicted molar refractivity (Wildman–Crippen MR) is 91.7 cm³/mol. The van der Waals surface area contributed by atoms with E-state index in [1.807, 2.05) is 32.2 Å². The number of imidazole rings is 1. The van der Waals surface area contributed by atoms with Gasteiger partial charge in [-0.05, 0) is 38.8 Å². The molecule has 0 aliphatic carbocycles. The molecule has 0 amide bonds. The molecule has 1 aliphatic rings. The fraction of sp³-hybridized carbons (Fsp3) is 0.471. The summed E-state index contributed by atoms with van der Waals surface area (Å²) in [6, 6.07) is 5.56. The van der Waals surface area contributed by atoms with Crippen molar-refractivity contribution < 1.29 is 9.66 Å². The molecule has 1 unspecified atom stereocenters. The lowest BCUT2D eigenvalue weighted by Crippen LogP contribution is -2.37. The zero-order valence-electron chi connectivity index (χ0n) is 14.0. The Morgan fingerprint density at radius 2 is 2.29 bits per heavy atom. The van der Waals surface area contributed by atoms with Crippen LogP contribution >= 0.6 is 0 Å². The SMILES string of the molecule is CCOc1cccc(N2CCCC(n3ccnc3C)C2)c1[N+](=O)[O-]. The van der Waals surface area contributed by atoms with Crippen LogP contribution in [0.15, 0.2) is 30.6 Å². The summed E-state index contributed by atoms with van der Waals surface area (Å²) in [6.45, 7) is 5.75. The average Bonchev–Trinajstić information content (AvgIpc) is 3.01. The lowest BCUT2D eigenvalue weighted by molar-refractivity contribution is -0.385. The maximum absolute atomic E-state index is 11.6. The number of para-hydroxylation sites is 1. The molecule has 0 saturated carbocycles. The van der Waals surface area contributed by atoms with Crippen molar-refractivity contribution in [1.29, 1.82) is 0 Å². The summed E-state index contributed by atoms with van der Waals surface area (Å²) in [7, 11) is 0. The number of nitrogens with zero attached hydrogens (tertiary/aromatic N) is 4. The molecule has 1 aromatic heterocycles. The first-order chi connectivity index (χ1) is 11.6. The minimum Gasteiger partial charge on any atom is -0.487 e. The molecule has 128 valence electrons. The minimum atomic E-state index is -0.341. The average molecular weight is 330 g/mol. The highest BCUT2D eigenvalue weighted by atomic mass is 16.6. The van der Waals surface area contributed by atoms with Gasteiger partial charge in [-0.2, -0.15) is 0 Å². The van der Waals surface area contributed by atoms with E-state index in [-0.39, 0.29) is 16.7 Å². The topological polar surface area (TPSA) is 73.4 Å². The molecule has 0 radical (unpaired) electrons. The van der Waals surface area contributed by atoms with Crippen LogP contribution in [0.3, 0.4) is 0 Å². The van der Waals surface area contributed by atoms with Crippen molar-refractivity contribution in [3.05, 3.63) is 46.5 Å². The van der Waals surface area contributed by atoms with E-state index in [0.717, 1.165) is 31.8 Å². The van der Waals surface area contributed by atoms with Crippen LogP contribution in [0.2, 0.25) is 0 Å². The maximum atomic E-state index is 11.6. The van der Waals surface area contributed by atoms with Crippen molar-refractivity contribution in [3.63, 3.8) is 0 Å². The Bertz CT molecular complexity index is 728. The van der Waals surface area contributed by atoms with Crippen molar-refractivity contribution in [2.45, 2.75) is 32.7 Å². The monoisotopic (exact) mass is 330 g/mol. The Morgan fingerprint density at radius 3 is 2.96 bits per heavy atom. The van der Waals surface area contributed by atoms with Gasteiger partial charge in [-0.25, -0.2) is 4.98 Å². The molecule has 0 bridgehead atoms. The zero-order chi connectivity index (χ0) is 17.1. The number of benzene rings is 1. The molecule has 24 heavy (non-hydrogen) atoms. The summed E-state index contributed by atoms with van der Waals surface area (Å²) in [5.41, 5.74) is 0.691. The summed E-state index contributed by atoms with van der Waals surface area (Å²) >= 11 is 0. The van der Waals surface area contributed by atoms with E-state index in [0.29, 0.717) is 18.0 Å². The first kappa shape index (κ1) is 16.3. The van der Waals surface area contributed by atoms with Gasteiger partial charge in [-0.1, -0.05) is 6.07 Å². The van der Waals surface area contributed by atoms with Crippen molar-refractivity contribution in [2.75, 3.05) is 24.6 Å². The summed E-state index contributed by atoms with van der Waals surface area (Å²) in [6.07, 6.45) is 5.81. The number of rotatable bonds is 5. The third-order valence-electron chi connectivity index (χ3n) is 4.45. The molecule has 1 atom stereocenters. The molecule has 1 aliphatic heterocycles. The van der Waals surface area contributed by atoms with Gasteiger partial charge >= 0.3 is 5.69 Å². The van der Waals surface area contributed by atoms with Crippen molar-refractivity contribution in [1.82, 2.24) is 9.55 Å². The van der Waals surface area contributed by atoms with E-state index >= 15 is 0 Å². The Balaban J connectivity index is 1.92. The summed E-state index contributed by atoms with van der Waals surface area (Å²) < 4.78 is 7.62. The number of nitro benzene ring substituents is 1. The highest BCUT2D eigenvalue weighted by Gasteiger charge is 2.29.